The van der Waals surface area contributed by atoms with Crippen LogP contribution in [-0.4, -0.2) is 17.6 Å². The van der Waals surface area contributed by atoms with Gasteiger partial charge in [0.1, 0.15) is 5.75 Å². The first-order valence-corrected chi connectivity index (χ1v) is 8.50. The van der Waals surface area contributed by atoms with Crippen molar-refractivity contribution in [2.24, 2.45) is 11.3 Å². The van der Waals surface area contributed by atoms with Crippen LogP contribution >= 0.6 is 0 Å². The first kappa shape index (κ1) is 15.4. The molecule has 1 saturated carbocycles. The molecule has 1 aromatic rings. The van der Waals surface area contributed by atoms with Crippen molar-refractivity contribution in [1.82, 2.24) is 5.32 Å². The lowest BCUT2D eigenvalue weighted by Crippen LogP contribution is -2.51. The van der Waals surface area contributed by atoms with E-state index in [0.29, 0.717) is 29.9 Å². The Morgan fingerprint density at radius 1 is 1.36 bits per heavy atom. The highest BCUT2D eigenvalue weighted by Crippen LogP contribution is 2.52. The molecule has 3 nitrogen and oxygen atoms in total. The number of aromatic hydroxyl groups is 1. The third kappa shape index (κ3) is 2.62. The minimum atomic E-state index is 0.160. The molecule has 1 aliphatic heterocycles. The number of carbonyl (C=O) groups is 1. The number of hydrogen-bond donors (Lipinski definition) is 2. The Morgan fingerprint density at radius 3 is 2.82 bits per heavy atom. The van der Waals surface area contributed by atoms with Gasteiger partial charge in [-0.1, -0.05) is 39.3 Å². The summed E-state index contributed by atoms with van der Waals surface area (Å²) in [7, 11) is 0. The van der Waals surface area contributed by atoms with Gasteiger partial charge in [-0.15, -0.1) is 0 Å². The molecule has 3 unspecified atom stereocenters. The van der Waals surface area contributed by atoms with E-state index in [2.05, 4.69) is 38.2 Å². The van der Waals surface area contributed by atoms with Gasteiger partial charge in [0.2, 0.25) is 5.91 Å². The number of carbonyl (C=O) groups excluding carboxylic acids is 1. The standard InChI is InChI=1S/C19H27NO2/c1-12(2)13-6-7-15(17(21)9-13)14-5-4-8-19(3)11-20-18(22)10-16(14)19/h6-7,9,12,14,16,21H,4-5,8,10-11H2,1-3H3,(H,20,22). The topological polar surface area (TPSA) is 49.3 Å². The van der Waals surface area contributed by atoms with E-state index in [1.807, 2.05) is 6.07 Å². The second-order valence-electron chi connectivity index (χ2n) is 7.71. The fourth-order valence-corrected chi connectivity index (χ4v) is 4.38. The molecule has 2 N–H and O–H groups in total. The highest BCUT2D eigenvalue weighted by molar-refractivity contribution is 5.77. The van der Waals surface area contributed by atoms with Crippen LogP contribution in [0.15, 0.2) is 18.2 Å². The molecule has 2 aliphatic rings. The fraction of sp³-hybridized carbons (Fsp3) is 0.632. The predicted octanol–water partition coefficient (Wildman–Crippen LogP) is 3.93. The Hall–Kier alpha value is -1.51. The van der Waals surface area contributed by atoms with Gasteiger partial charge in [-0.05, 0) is 53.2 Å². The van der Waals surface area contributed by atoms with Gasteiger partial charge in [-0.3, -0.25) is 4.79 Å². The molecule has 0 bridgehead atoms. The monoisotopic (exact) mass is 301 g/mol. The number of rotatable bonds is 2. The lowest BCUT2D eigenvalue weighted by Gasteiger charge is -2.49. The summed E-state index contributed by atoms with van der Waals surface area (Å²) in [4.78, 5) is 11.9. The predicted molar refractivity (Wildman–Crippen MR) is 88.0 cm³/mol. The van der Waals surface area contributed by atoms with Crippen molar-refractivity contribution in [2.75, 3.05) is 6.54 Å². The number of phenolic OH excluding ortho intramolecular Hbond substituents is 1. The van der Waals surface area contributed by atoms with Gasteiger partial charge in [0.25, 0.3) is 0 Å². The molecule has 1 aromatic carbocycles. The maximum atomic E-state index is 11.9. The van der Waals surface area contributed by atoms with Gasteiger partial charge in [0.15, 0.2) is 0 Å². The number of phenols is 1. The summed E-state index contributed by atoms with van der Waals surface area (Å²) < 4.78 is 0. The van der Waals surface area contributed by atoms with E-state index < -0.39 is 0 Å². The van der Waals surface area contributed by atoms with Crippen LogP contribution in [0.3, 0.4) is 0 Å². The van der Waals surface area contributed by atoms with Crippen LogP contribution in [0.4, 0.5) is 0 Å². The molecule has 1 saturated heterocycles. The summed E-state index contributed by atoms with van der Waals surface area (Å²) in [5.41, 5.74) is 2.37. The number of hydrogen-bond acceptors (Lipinski definition) is 2. The van der Waals surface area contributed by atoms with E-state index in [4.69, 9.17) is 0 Å². The van der Waals surface area contributed by atoms with E-state index >= 15 is 0 Å². The van der Waals surface area contributed by atoms with Crippen LogP contribution in [0, 0.1) is 11.3 Å². The van der Waals surface area contributed by atoms with Crippen molar-refractivity contribution >= 4 is 5.91 Å². The summed E-state index contributed by atoms with van der Waals surface area (Å²) in [5.74, 6) is 1.62. The Bertz CT molecular complexity index is 581. The zero-order chi connectivity index (χ0) is 15.9. The highest BCUT2D eigenvalue weighted by atomic mass is 16.3. The van der Waals surface area contributed by atoms with Crippen molar-refractivity contribution in [3.63, 3.8) is 0 Å². The van der Waals surface area contributed by atoms with Crippen molar-refractivity contribution in [3.8, 4) is 5.75 Å². The molecule has 120 valence electrons. The normalized spacial score (nSPS) is 31.7. The lowest BCUT2D eigenvalue weighted by atomic mass is 9.58. The van der Waals surface area contributed by atoms with E-state index in [-0.39, 0.29) is 11.3 Å². The van der Waals surface area contributed by atoms with Crippen LogP contribution < -0.4 is 5.32 Å². The first-order valence-electron chi connectivity index (χ1n) is 8.50. The lowest BCUT2D eigenvalue weighted by molar-refractivity contribution is -0.128. The van der Waals surface area contributed by atoms with E-state index in [1.54, 1.807) is 0 Å². The smallest absolute Gasteiger partial charge is 0.220 e. The summed E-state index contributed by atoms with van der Waals surface area (Å²) in [6.45, 7) is 7.34. The SMILES string of the molecule is CC(C)c1ccc(C2CCCC3(C)CNC(=O)CC23)c(O)c1. The average molecular weight is 301 g/mol. The van der Waals surface area contributed by atoms with Gasteiger partial charge in [0.05, 0.1) is 0 Å². The van der Waals surface area contributed by atoms with Crippen molar-refractivity contribution in [3.05, 3.63) is 29.3 Å². The van der Waals surface area contributed by atoms with Gasteiger partial charge >= 0.3 is 0 Å². The van der Waals surface area contributed by atoms with Gasteiger partial charge in [0, 0.05) is 13.0 Å². The molecule has 22 heavy (non-hydrogen) atoms. The molecule has 1 amide bonds. The molecule has 1 heterocycles. The minimum absolute atomic E-state index is 0.160. The van der Waals surface area contributed by atoms with Gasteiger partial charge < -0.3 is 10.4 Å². The van der Waals surface area contributed by atoms with Gasteiger partial charge in [-0.25, -0.2) is 0 Å². The molecule has 3 rings (SSSR count). The molecule has 1 aliphatic carbocycles. The second kappa shape index (κ2) is 5.60. The molecular formula is C19H27NO2. The number of fused-ring (bicyclic) bond motifs is 1. The zero-order valence-electron chi connectivity index (χ0n) is 13.9. The molecule has 0 radical (unpaired) electrons. The van der Waals surface area contributed by atoms with Gasteiger partial charge in [-0.2, -0.15) is 0 Å². The maximum absolute atomic E-state index is 11.9. The average Bonchev–Trinajstić information content (AvgIpc) is 2.47. The second-order valence-corrected chi connectivity index (χ2v) is 7.71. The quantitative estimate of drug-likeness (QED) is 0.869. The van der Waals surface area contributed by atoms with Crippen LogP contribution in [0.25, 0.3) is 0 Å². The third-order valence-corrected chi connectivity index (χ3v) is 5.86. The van der Waals surface area contributed by atoms with Crippen molar-refractivity contribution < 1.29 is 9.90 Å². The number of amides is 1. The van der Waals surface area contributed by atoms with E-state index in [0.717, 1.165) is 18.5 Å². The van der Waals surface area contributed by atoms with Crippen LogP contribution in [0.2, 0.25) is 0 Å². The Labute approximate surface area is 133 Å². The van der Waals surface area contributed by atoms with Crippen molar-refractivity contribution in [2.45, 2.75) is 58.3 Å². The summed E-state index contributed by atoms with van der Waals surface area (Å²) >= 11 is 0. The summed E-state index contributed by atoms with van der Waals surface area (Å²) in [6.07, 6.45) is 3.99. The summed E-state index contributed by atoms with van der Waals surface area (Å²) in [6, 6.07) is 6.14. The number of nitrogens with one attached hydrogen (secondary N) is 1. The van der Waals surface area contributed by atoms with E-state index in [9.17, 15) is 9.90 Å². The minimum Gasteiger partial charge on any atom is -0.508 e. The fourth-order valence-electron chi connectivity index (χ4n) is 4.38. The number of benzene rings is 1. The third-order valence-electron chi connectivity index (χ3n) is 5.86. The maximum Gasteiger partial charge on any atom is 0.220 e. The number of piperidine rings is 1. The zero-order valence-corrected chi connectivity index (χ0v) is 13.9. The molecule has 0 spiro atoms. The van der Waals surface area contributed by atoms with Crippen LogP contribution in [0.5, 0.6) is 5.75 Å². The van der Waals surface area contributed by atoms with Crippen LogP contribution in [-0.2, 0) is 4.79 Å². The Balaban J connectivity index is 1.94. The first-order chi connectivity index (χ1) is 10.4. The molecule has 0 aromatic heterocycles. The largest absolute Gasteiger partial charge is 0.508 e. The van der Waals surface area contributed by atoms with Crippen molar-refractivity contribution in [1.29, 1.82) is 0 Å². The van der Waals surface area contributed by atoms with E-state index in [1.165, 1.54) is 18.4 Å². The molecular weight excluding hydrogens is 274 g/mol. The highest BCUT2D eigenvalue weighted by Gasteiger charge is 2.46. The Kier molecular flexibility index (Phi) is 3.92. The molecule has 3 heteroatoms. The Morgan fingerprint density at radius 2 is 2.14 bits per heavy atom. The molecule has 3 atom stereocenters. The molecule has 2 fully saturated rings. The van der Waals surface area contributed by atoms with Crippen LogP contribution in [0.1, 0.15) is 69.4 Å². The summed E-state index contributed by atoms with van der Waals surface area (Å²) in [5, 5.41) is 13.6.